The number of Topliss-reactive ketones (excluding diaryl/α,β-unsaturated/α-hetero) is 1. The lowest BCUT2D eigenvalue weighted by Gasteiger charge is -2.07. The molecule has 0 amide bonds. The lowest BCUT2D eigenvalue weighted by molar-refractivity contribution is 0.0733. The summed E-state index contributed by atoms with van der Waals surface area (Å²) in [4.78, 5) is 24.9. The lowest BCUT2D eigenvalue weighted by atomic mass is 10.1. The van der Waals surface area contributed by atoms with Crippen LogP contribution in [-0.2, 0) is 0 Å². The number of carbonyl (C=O) groups is 2. The maximum absolute atomic E-state index is 12.5. The number of rotatable bonds is 3. The Hall–Kier alpha value is -3.37. The smallest absolute Gasteiger partial charge is 0.343 e. The van der Waals surface area contributed by atoms with Crippen LogP contribution in [-0.4, -0.2) is 11.8 Å². The highest BCUT2D eigenvalue weighted by Gasteiger charge is 2.28. The molecule has 0 radical (unpaired) electrons. The number of ether oxygens (including phenoxy) is 2. The first-order valence-electron chi connectivity index (χ1n) is 8.63. The molecule has 138 valence electrons. The first-order chi connectivity index (χ1) is 13.5. The molecule has 0 aliphatic carbocycles. The summed E-state index contributed by atoms with van der Waals surface area (Å²) in [6.45, 7) is 1.84. The second kappa shape index (κ2) is 7.33. The standard InChI is InChI=1S/C23H15ClO4/c1-14-4-2-3-5-18(14)23(26)27-17-10-11-19-20(13-17)28-21(22(19)25)12-15-6-8-16(24)9-7-15/h2-13H,1H3. The Morgan fingerprint density at radius 2 is 1.79 bits per heavy atom. The molecule has 1 aliphatic rings. The molecular formula is C23H15ClO4. The fourth-order valence-electron chi connectivity index (χ4n) is 2.91. The molecule has 0 fully saturated rings. The molecule has 3 aromatic rings. The lowest BCUT2D eigenvalue weighted by Crippen LogP contribution is -2.10. The van der Waals surface area contributed by atoms with Crippen LogP contribution in [0.15, 0.2) is 72.5 Å². The molecular weight excluding hydrogens is 376 g/mol. The molecule has 0 bridgehead atoms. The Morgan fingerprint density at radius 3 is 2.54 bits per heavy atom. The summed E-state index contributed by atoms with van der Waals surface area (Å²) in [5.74, 6) is 0.202. The minimum Gasteiger partial charge on any atom is -0.452 e. The second-order valence-corrected chi connectivity index (χ2v) is 6.79. The third-order valence-corrected chi connectivity index (χ3v) is 4.64. The molecule has 0 unspecified atom stereocenters. The number of hydrogen-bond donors (Lipinski definition) is 0. The van der Waals surface area contributed by atoms with Gasteiger partial charge < -0.3 is 9.47 Å². The van der Waals surface area contributed by atoms with Crippen LogP contribution >= 0.6 is 11.6 Å². The monoisotopic (exact) mass is 390 g/mol. The van der Waals surface area contributed by atoms with Gasteiger partial charge in [0.2, 0.25) is 5.78 Å². The zero-order chi connectivity index (χ0) is 19.7. The molecule has 0 spiro atoms. The van der Waals surface area contributed by atoms with Crippen LogP contribution in [0, 0.1) is 6.92 Å². The Labute approximate surface area is 167 Å². The van der Waals surface area contributed by atoms with Crippen LogP contribution in [0.2, 0.25) is 5.02 Å². The summed E-state index contributed by atoms with van der Waals surface area (Å²) in [5, 5.41) is 0.615. The van der Waals surface area contributed by atoms with Crippen molar-refractivity contribution < 1.29 is 19.1 Å². The summed E-state index contributed by atoms with van der Waals surface area (Å²) in [6.07, 6.45) is 1.65. The normalized spacial score (nSPS) is 13.9. The molecule has 0 saturated heterocycles. The Kier molecular flexibility index (Phi) is 4.72. The summed E-state index contributed by atoms with van der Waals surface area (Å²) < 4.78 is 11.1. The Balaban J connectivity index is 1.56. The van der Waals surface area contributed by atoms with Crippen molar-refractivity contribution in [2.75, 3.05) is 0 Å². The predicted octanol–water partition coefficient (Wildman–Crippen LogP) is 5.48. The van der Waals surface area contributed by atoms with E-state index in [-0.39, 0.29) is 11.5 Å². The van der Waals surface area contributed by atoms with Crippen molar-refractivity contribution in [2.24, 2.45) is 0 Å². The maximum atomic E-state index is 12.5. The van der Waals surface area contributed by atoms with E-state index in [4.69, 9.17) is 21.1 Å². The molecule has 0 atom stereocenters. The van der Waals surface area contributed by atoms with E-state index in [9.17, 15) is 9.59 Å². The second-order valence-electron chi connectivity index (χ2n) is 6.35. The van der Waals surface area contributed by atoms with E-state index >= 15 is 0 Å². The number of carbonyl (C=O) groups excluding carboxylic acids is 2. The Bertz CT molecular complexity index is 1110. The summed E-state index contributed by atoms with van der Waals surface area (Å²) >= 11 is 5.88. The van der Waals surface area contributed by atoms with Crippen LogP contribution in [0.25, 0.3) is 6.08 Å². The van der Waals surface area contributed by atoms with Crippen molar-refractivity contribution >= 4 is 29.4 Å². The van der Waals surface area contributed by atoms with Gasteiger partial charge in [-0.1, -0.05) is 41.9 Å². The molecule has 4 rings (SSSR count). The average molecular weight is 391 g/mol. The van der Waals surface area contributed by atoms with Gasteiger partial charge in [0.05, 0.1) is 11.1 Å². The number of halogens is 1. The zero-order valence-electron chi connectivity index (χ0n) is 14.9. The van der Waals surface area contributed by atoms with Crippen molar-refractivity contribution in [3.8, 4) is 11.5 Å². The average Bonchev–Trinajstić information content (AvgIpc) is 2.99. The van der Waals surface area contributed by atoms with Crippen molar-refractivity contribution in [1.82, 2.24) is 0 Å². The summed E-state index contributed by atoms with van der Waals surface area (Å²) in [5.41, 5.74) is 2.54. The van der Waals surface area contributed by atoms with Gasteiger partial charge in [0.15, 0.2) is 5.76 Å². The maximum Gasteiger partial charge on any atom is 0.343 e. The van der Waals surface area contributed by atoms with Gasteiger partial charge in [-0.3, -0.25) is 4.79 Å². The van der Waals surface area contributed by atoms with E-state index in [0.717, 1.165) is 11.1 Å². The predicted molar refractivity (Wildman–Crippen MR) is 107 cm³/mol. The number of hydrogen-bond acceptors (Lipinski definition) is 4. The molecule has 1 aliphatic heterocycles. The van der Waals surface area contributed by atoms with Gasteiger partial charge in [-0.25, -0.2) is 4.79 Å². The van der Waals surface area contributed by atoms with Crippen molar-refractivity contribution in [3.05, 3.63) is 99.8 Å². The largest absolute Gasteiger partial charge is 0.452 e. The number of aryl methyl sites for hydroxylation is 1. The molecule has 1 heterocycles. The van der Waals surface area contributed by atoms with E-state index in [1.54, 1.807) is 60.7 Å². The zero-order valence-corrected chi connectivity index (χ0v) is 15.7. The highest BCUT2D eigenvalue weighted by atomic mass is 35.5. The fraction of sp³-hybridized carbons (Fsp3) is 0.0435. The summed E-state index contributed by atoms with van der Waals surface area (Å²) in [6, 6.07) is 19.0. The SMILES string of the molecule is Cc1ccccc1C(=O)Oc1ccc2c(c1)OC(=Cc1ccc(Cl)cc1)C2=O. The van der Waals surface area contributed by atoms with Crippen LogP contribution < -0.4 is 9.47 Å². The fourth-order valence-corrected chi connectivity index (χ4v) is 3.03. The quantitative estimate of drug-likeness (QED) is 0.337. The number of allylic oxidation sites excluding steroid dienone is 1. The topological polar surface area (TPSA) is 52.6 Å². The van der Waals surface area contributed by atoms with Gasteiger partial charge in [0.25, 0.3) is 0 Å². The number of ketones is 1. The number of esters is 1. The van der Waals surface area contributed by atoms with Gasteiger partial charge in [-0.2, -0.15) is 0 Å². The van der Waals surface area contributed by atoms with E-state index in [2.05, 4.69) is 0 Å². The van der Waals surface area contributed by atoms with E-state index in [1.807, 2.05) is 19.1 Å². The van der Waals surface area contributed by atoms with Crippen LogP contribution in [0.1, 0.15) is 31.8 Å². The number of benzene rings is 3. The highest BCUT2D eigenvalue weighted by molar-refractivity contribution is 6.30. The molecule has 28 heavy (non-hydrogen) atoms. The minimum atomic E-state index is -0.459. The number of fused-ring (bicyclic) bond motifs is 1. The minimum absolute atomic E-state index is 0.208. The van der Waals surface area contributed by atoms with Crippen LogP contribution in [0.4, 0.5) is 0 Å². The molecule has 4 nitrogen and oxygen atoms in total. The molecule has 0 N–H and O–H groups in total. The third kappa shape index (κ3) is 3.55. The van der Waals surface area contributed by atoms with Gasteiger partial charge in [0, 0.05) is 11.1 Å². The van der Waals surface area contributed by atoms with Crippen LogP contribution in [0.3, 0.4) is 0 Å². The van der Waals surface area contributed by atoms with Gasteiger partial charge in [-0.05, 0) is 54.5 Å². The van der Waals surface area contributed by atoms with Crippen molar-refractivity contribution in [2.45, 2.75) is 6.92 Å². The molecule has 0 saturated carbocycles. The van der Waals surface area contributed by atoms with Gasteiger partial charge >= 0.3 is 5.97 Å². The third-order valence-electron chi connectivity index (χ3n) is 4.38. The van der Waals surface area contributed by atoms with Crippen LogP contribution in [0.5, 0.6) is 11.5 Å². The first kappa shape index (κ1) is 18.0. The first-order valence-corrected chi connectivity index (χ1v) is 9.01. The summed E-state index contributed by atoms with van der Waals surface area (Å²) in [7, 11) is 0. The van der Waals surface area contributed by atoms with E-state index in [1.165, 1.54) is 0 Å². The Morgan fingerprint density at radius 1 is 1.04 bits per heavy atom. The van der Waals surface area contributed by atoms with Crippen molar-refractivity contribution in [3.63, 3.8) is 0 Å². The van der Waals surface area contributed by atoms with E-state index in [0.29, 0.717) is 27.6 Å². The van der Waals surface area contributed by atoms with Gasteiger partial charge in [0.1, 0.15) is 11.5 Å². The molecule has 3 aromatic carbocycles. The van der Waals surface area contributed by atoms with Gasteiger partial charge in [-0.15, -0.1) is 0 Å². The van der Waals surface area contributed by atoms with E-state index < -0.39 is 5.97 Å². The molecule has 5 heteroatoms. The van der Waals surface area contributed by atoms with Crippen molar-refractivity contribution in [1.29, 1.82) is 0 Å². The molecule has 0 aromatic heterocycles. The highest BCUT2D eigenvalue weighted by Crippen LogP contribution is 2.35.